The van der Waals surface area contributed by atoms with Gasteiger partial charge in [-0.1, -0.05) is 0 Å². The summed E-state index contributed by atoms with van der Waals surface area (Å²) in [4.78, 5) is 34.4. The summed E-state index contributed by atoms with van der Waals surface area (Å²) in [6.07, 6.45) is 1.32. The van der Waals surface area contributed by atoms with E-state index in [9.17, 15) is 19.5 Å². The lowest BCUT2D eigenvalue weighted by molar-refractivity contribution is -0.141. The second-order valence-electron chi connectivity index (χ2n) is 6.60. The molecule has 0 aliphatic carbocycles. The lowest BCUT2D eigenvalue weighted by atomic mass is 10.0. The molecule has 0 unspecified atom stereocenters. The number of hydrogen-bond donors (Lipinski definition) is 1. The largest absolute Gasteiger partial charge is 0.507 e. The van der Waals surface area contributed by atoms with Crippen molar-refractivity contribution in [1.29, 1.82) is 0 Å². The van der Waals surface area contributed by atoms with Crippen molar-refractivity contribution in [1.82, 2.24) is 0 Å². The number of methoxy groups -OCH3 is 1. The third kappa shape index (κ3) is 8.00. The topological polar surface area (TPSA) is 108 Å². The SMILES string of the molecule is COC(=O)CCCOc1ccc(C(=O)c2ccc(OCCCOC(C)=O)cc2O)cc1. The van der Waals surface area contributed by atoms with E-state index in [2.05, 4.69) is 4.74 Å². The Balaban J connectivity index is 1.87. The van der Waals surface area contributed by atoms with Gasteiger partial charge in [-0.15, -0.1) is 0 Å². The zero-order valence-electron chi connectivity index (χ0n) is 17.6. The Morgan fingerprint density at radius 1 is 0.871 bits per heavy atom. The molecular weight excluding hydrogens is 404 g/mol. The molecule has 1 N–H and O–H groups in total. The number of carbonyl (C=O) groups is 3. The predicted octanol–water partition coefficient (Wildman–Crippen LogP) is 3.29. The molecule has 31 heavy (non-hydrogen) atoms. The Hall–Kier alpha value is -3.55. The first-order chi connectivity index (χ1) is 14.9. The number of hydrogen-bond acceptors (Lipinski definition) is 8. The molecule has 0 fully saturated rings. The van der Waals surface area contributed by atoms with Crippen LogP contribution in [0.4, 0.5) is 0 Å². The van der Waals surface area contributed by atoms with Crippen LogP contribution in [0.15, 0.2) is 42.5 Å². The van der Waals surface area contributed by atoms with Gasteiger partial charge in [-0.05, 0) is 42.8 Å². The fraction of sp³-hybridized carbons (Fsp3) is 0.348. The van der Waals surface area contributed by atoms with Crippen LogP contribution in [0.2, 0.25) is 0 Å². The zero-order chi connectivity index (χ0) is 22.6. The first-order valence-electron chi connectivity index (χ1n) is 9.84. The van der Waals surface area contributed by atoms with E-state index in [0.29, 0.717) is 43.1 Å². The number of phenols is 1. The Morgan fingerprint density at radius 3 is 2.16 bits per heavy atom. The minimum Gasteiger partial charge on any atom is -0.507 e. The van der Waals surface area contributed by atoms with Crippen molar-refractivity contribution in [2.75, 3.05) is 26.9 Å². The smallest absolute Gasteiger partial charge is 0.305 e. The van der Waals surface area contributed by atoms with E-state index in [1.165, 1.54) is 26.2 Å². The monoisotopic (exact) mass is 430 g/mol. The summed E-state index contributed by atoms with van der Waals surface area (Å²) >= 11 is 0. The van der Waals surface area contributed by atoms with Gasteiger partial charge in [0.25, 0.3) is 0 Å². The summed E-state index contributed by atoms with van der Waals surface area (Å²) in [5, 5.41) is 10.2. The number of esters is 2. The Labute approximate surface area is 180 Å². The van der Waals surface area contributed by atoms with Crippen molar-refractivity contribution in [2.24, 2.45) is 0 Å². The van der Waals surface area contributed by atoms with Crippen LogP contribution in [0.1, 0.15) is 42.1 Å². The molecule has 0 aliphatic heterocycles. The molecule has 0 saturated heterocycles. The maximum atomic E-state index is 12.7. The van der Waals surface area contributed by atoms with Crippen molar-refractivity contribution < 1.29 is 38.4 Å². The number of benzene rings is 2. The molecule has 0 aromatic heterocycles. The summed E-state index contributed by atoms with van der Waals surface area (Å²) in [6.45, 7) is 2.25. The van der Waals surface area contributed by atoms with Gasteiger partial charge in [0.05, 0.1) is 32.5 Å². The molecule has 166 valence electrons. The van der Waals surface area contributed by atoms with E-state index < -0.39 is 0 Å². The Kier molecular flexibility index (Phi) is 9.35. The van der Waals surface area contributed by atoms with Gasteiger partial charge < -0.3 is 24.1 Å². The number of ether oxygens (including phenoxy) is 4. The van der Waals surface area contributed by atoms with Gasteiger partial charge in [0, 0.05) is 31.4 Å². The summed E-state index contributed by atoms with van der Waals surface area (Å²) in [5.41, 5.74) is 0.547. The van der Waals surface area contributed by atoms with Crippen LogP contribution in [0.3, 0.4) is 0 Å². The van der Waals surface area contributed by atoms with E-state index in [-0.39, 0.29) is 42.1 Å². The lowest BCUT2D eigenvalue weighted by Crippen LogP contribution is -2.06. The maximum Gasteiger partial charge on any atom is 0.305 e. The predicted molar refractivity (Wildman–Crippen MR) is 111 cm³/mol. The average Bonchev–Trinajstić information content (AvgIpc) is 2.76. The second-order valence-corrected chi connectivity index (χ2v) is 6.60. The van der Waals surface area contributed by atoms with Crippen molar-refractivity contribution in [3.63, 3.8) is 0 Å². The highest BCUT2D eigenvalue weighted by Gasteiger charge is 2.14. The molecule has 0 aliphatic rings. The lowest BCUT2D eigenvalue weighted by Gasteiger charge is -2.10. The Bertz CT molecular complexity index is 889. The van der Waals surface area contributed by atoms with E-state index in [0.717, 1.165) is 0 Å². The maximum absolute atomic E-state index is 12.7. The van der Waals surface area contributed by atoms with Gasteiger partial charge in [-0.25, -0.2) is 0 Å². The molecular formula is C23H26O8. The van der Waals surface area contributed by atoms with E-state index in [1.807, 2.05) is 0 Å². The van der Waals surface area contributed by atoms with E-state index in [1.54, 1.807) is 30.3 Å². The molecule has 0 atom stereocenters. The van der Waals surface area contributed by atoms with E-state index in [4.69, 9.17) is 14.2 Å². The molecule has 2 aromatic rings. The first kappa shape index (κ1) is 23.7. The molecule has 8 nitrogen and oxygen atoms in total. The van der Waals surface area contributed by atoms with Gasteiger partial charge in [0.1, 0.15) is 17.2 Å². The fourth-order valence-electron chi connectivity index (χ4n) is 2.62. The molecule has 8 heteroatoms. The van der Waals surface area contributed by atoms with Crippen LogP contribution in [0, 0.1) is 0 Å². The Morgan fingerprint density at radius 2 is 1.52 bits per heavy atom. The van der Waals surface area contributed by atoms with Crippen LogP contribution in [0.25, 0.3) is 0 Å². The third-order valence-corrected chi connectivity index (χ3v) is 4.21. The van der Waals surface area contributed by atoms with Crippen molar-refractivity contribution in [3.05, 3.63) is 53.6 Å². The summed E-state index contributed by atoms with van der Waals surface area (Å²) in [5.74, 6) is -0.182. The highest BCUT2D eigenvalue weighted by molar-refractivity contribution is 6.10. The van der Waals surface area contributed by atoms with Gasteiger partial charge in [0.2, 0.25) is 0 Å². The molecule has 0 radical (unpaired) electrons. The molecule has 0 heterocycles. The van der Waals surface area contributed by atoms with E-state index >= 15 is 0 Å². The number of ketones is 1. The third-order valence-electron chi connectivity index (χ3n) is 4.21. The van der Waals surface area contributed by atoms with Crippen LogP contribution in [-0.2, 0) is 19.1 Å². The molecule has 0 bridgehead atoms. The van der Waals surface area contributed by atoms with Gasteiger partial charge in [0.15, 0.2) is 5.78 Å². The molecule has 2 aromatic carbocycles. The summed E-state index contributed by atoms with van der Waals surface area (Å²) < 4.78 is 20.4. The van der Waals surface area contributed by atoms with Crippen molar-refractivity contribution in [3.8, 4) is 17.2 Å². The minimum atomic E-state index is -0.348. The van der Waals surface area contributed by atoms with Gasteiger partial charge in [-0.2, -0.15) is 0 Å². The molecule has 0 saturated carbocycles. The minimum absolute atomic E-state index is 0.152. The summed E-state index contributed by atoms with van der Waals surface area (Å²) in [7, 11) is 1.34. The number of rotatable bonds is 12. The highest BCUT2D eigenvalue weighted by Crippen LogP contribution is 2.26. The molecule has 2 rings (SSSR count). The number of aromatic hydroxyl groups is 1. The van der Waals surface area contributed by atoms with Crippen LogP contribution in [0.5, 0.6) is 17.2 Å². The zero-order valence-corrected chi connectivity index (χ0v) is 17.6. The average molecular weight is 430 g/mol. The molecule has 0 spiro atoms. The number of carbonyl (C=O) groups excluding carboxylic acids is 3. The van der Waals surface area contributed by atoms with Crippen LogP contribution >= 0.6 is 0 Å². The highest BCUT2D eigenvalue weighted by atomic mass is 16.5. The quantitative estimate of drug-likeness (QED) is 0.310. The van der Waals surface area contributed by atoms with Crippen LogP contribution in [-0.4, -0.2) is 49.8 Å². The molecule has 0 amide bonds. The van der Waals surface area contributed by atoms with Crippen molar-refractivity contribution >= 4 is 17.7 Å². The van der Waals surface area contributed by atoms with Crippen LogP contribution < -0.4 is 9.47 Å². The fourth-order valence-corrected chi connectivity index (χ4v) is 2.62. The summed E-state index contributed by atoms with van der Waals surface area (Å²) in [6, 6.07) is 11.0. The second kappa shape index (κ2) is 12.2. The normalized spacial score (nSPS) is 10.3. The van der Waals surface area contributed by atoms with Gasteiger partial charge in [-0.3, -0.25) is 14.4 Å². The number of phenolic OH excluding ortho intramolecular Hbond substituents is 1. The van der Waals surface area contributed by atoms with Gasteiger partial charge >= 0.3 is 11.9 Å². The standard InChI is InChI=1S/C23H26O8/c1-16(24)29-13-4-14-31-19-10-11-20(21(25)15-19)23(27)17-6-8-18(9-7-17)30-12-3-5-22(26)28-2/h6-11,15,25H,3-5,12-14H2,1-2H3. The van der Waals surface area contributed by atoms with Crippen molar-refractivity contribution in [2.45, 2.75) is 26.2 Å². The first-order valence-corrected chi connectivity index (χ1v) is 9.84.